The third kappa shape index (κ3) is 1.84. The molecule has 1 amide bonds. The van der Waals surface area contributed by atoms with Crippen LogP contribution in [0.1, 0.15) is 15.9 Å². The number of amides is 1. The van der Waals surface area contributed by atoms with Crippen molar-refractivity contribution in [1.29, 1.82) is 0 Å². The number of aryl methyl sites for hydroxylation is 1. The molecule has 0 heterocycles. The number of hydrogen-bond acceptors (Lipinski definition) is 3. The van der Waals surface area contributed by atoms with Gasteiger partial charge in [-0.2, -0.15) is 4.99 Å². The standard InChI is InChI=1S/C9H7FN2O2/c1-5-2-8(12-4-13)6(9(11)14)3-7(5)10/h2-3H,1H3,(H2,11,14). The predicted molar refractivity (Wildman–Crippen MR) is 47.4 cm³/mol. The van der Waals surface area contributed by atoms with Crippen LogP contribution in [0.15, 0.2) is 17.1 Å². The Hall–Kier alpha value is -2.00. The number of carbonyl (C=O) groups is 1. The van der Waals surface area contributed by atoms with Gasteiger partial charge in [-0.1, -0.05) is 0 Å². The SMILES string of the molecule is Cc1cc(N=C=O)c(C(N)=O)cc1F. The van der Waals surface area contributed by atoms with Crippen LogP contribution in [0, 0.1) is 12.7 Å². The summed E-state index contributed by atoms with van der Waals surface area (Å²) in [4.78, 5) is 24.1. The molecule has 72 valence electrons. The highest BCUT2D eigenvalue weighted by molar-refractivity contribution is 5.98. The van der Waals surface area contributed by atoms with Crippen molar-refractivity contribution in [2.24, 2.45) is 10.7 Å². The van der Waals surface area contributed by atoms with Gasteiger partial charge in [0.05, 0.1) is 11.3 Å². The van der Waals surface area contributed by atoms with E-state index in [0.29, 0.717) is 0 Å². The van der Waals surface area contributed by atoms with Crippen LogP contribution in [0.25, 0.3) is 0 Å². The first-order valence-corrected chi connectivity index (χ1v) is 3.74. The Morgan fingerprint density at radius 1 is 1.57 bits per heavy atom. The highest BCUT2D eigenvalue weighted by Gasteiger charge is 2.11. The number of nitrogens with two attached hydrogens (primary N) is 1. The molecule has 0 aromatic heterocycles. The van der Waals surface area contributed by atoms with Gasteiger partial charge < -0.3 is 5.73 Å². The zero-order chi connectivity index (χ0) is 10.7. The number of primary amides is 1. The van der Waals surface area contributed by atoms with Crippen molar-refractivity contribution in [3.8, 4) is 0 Å². The summed E-state index contributed by atoms with van der Waals surface area (Å²) < 4.78 is 13.0. The molecule has 0 fully saturated rings. The number of nitrogens with zero attached hydrogens (tertiary/aromatic N) is 1. The van der Waals surface area contributed by atoms with Gasteiger partial charge in [0.2, 0.25) is 6.08 Å². The van der Waals surface area contributed by atoms with Gasteiger partial charge in [0.1, 0.15) is 5.82 Å². The lowest BCUT2D eigenvalue weighted by Crippen LogP contribution is -2.11. The topological polar surface area (TPSA) is 72.5 Å². The minimum atomic E-state index is -0.835. The van der Waals surface area contributed by atoms with Crippen LogP contribution in [0.3, 0.4) is 0 Å². The molecule has 0 aliphatic heterocycles. The predicted octanol–water partition coefficient (Wildman–Crippen LogP) is 1.20. The summed E-state index contributed by atoms with van der Waals surface area (Å²) in [7, 11) is 0. The maximum atomic E-state index is 13.0. The van der Waals surface area contributed by atoms with Gasteiger partial charge in [-0.15, -0.1) is 0 Å². The Kier molecular flexibility index (Phi) is 2.74. The van der Waals surface area contributed by atoms with Crippen LogP contribution in [0.2, 0.25) is 0 Å². The van der Waals surface area contributed by atoms with Crippen LogP contribution in [0.5, 0.6) is 0 Å². The molecule has 14 heavy (non-hydrogen) atoms. The van der Waals surface area contributed by atoms with E-state index >= 15 is 0 Å². The van der Waals surface area contributed by atoms with Crippen LogP contribution in [-0.2, 0) is 4.79 Å². The Bertz CT molecular complexity index is 410. The number of aliphatic imine (C=N–C) groups is 1. The minimum Gasteiger partial charge on any atom is -0.366 e. The summed E-state index contributed by atoms with van der Waals surface area (Å²) in [6.45, 7) is 1.49. The fourth-order valence-corrected chi connectivity index (χ4v) is 1.01. The summed E-state index contributed by atoms with van der Waals surface area (Å²) in [5, 5.41) is 0. The summed E-state index contributed by atoms with van der Waals surface area (Å²) in [6.07, 6.45) is 1.27. The molecule has 2 N–H and O–H groups in total. The zero-order valence-electron chi connectivity index (χ0n) is 7.37. The van der Waals surface area contributed by atoms with Crippen molar-refractivity contribution in [2.75, 3.05) is 0 Å². The fraction of sp³-hybridized carbons (Fsp3) is 0.111. The van der Waals surface area contributed by atoms with Gasteiger partial charge in [0.15, 0.2) is 0 Å². The van der Waals surface area contributed by atoms with Gasteiger partial charge in [0, 0.05) is 0 Å². The molecule has 5 heteroatoms. The minimum absolute atomic E-state index is 0.0337. The van der Waals surface area contributed by atoms with E-state index in [0.717, 1.165) is 6.07 Å². The molecule has 0 aliphatic rings. The average Bonchev–Trinajstić information content (AvgIpc) is 2.11. The second-order valence-electron chi connectivity index (χ2n) is 2.69. The van der Waals surface area contributed by atoms with Crippen molar-refractivity contribution < 1.29 is 14.0 Å². The monoisotopic (exact) mass is 194 g/mol. The number of hydrogen-bond donors (Lipinski definition) is 1. The molecular weight excluding hydrogens is 187 g/mol. The molecule has 1 aromatic rings. The number of halogens is 1. The number of isocyanates is 1. The van der Waals surface area contributed by atoms with Gasteiger partial charge >= 0.3 is 0 Å². The fourth-order valence-electron chi connectivity index (χ4n) is 1.01. The van der Waals surface area contributed by atoms with Crippen molar-refractivity contribution in [2.45, 2.75) is 6.92 Å². The van der Waals surface area contributed by atoms with Gasteiger partial charge in [-0.25, -0.2) is 9.18 Å². The number of rotatable bonds is 2. The van der Waals surface area contributed by atoms with Gasteiger partial charge in [-0.05, 0) is 24.6 Å². The maximum absolute atomic E-state index is 13.0. The van der Waals surface area contributed by atoms with Crippen LogP contribution in [0.4, 0.5) is 10.1 Å². The van der Waals surface area contributed by atoms with E-state index in [1.165, 1.54) is 19.1 Å². The normalized spacial score (nSPS) is 9.29. The highest BCUT2D eigenvalue weighted by Crippen LogP contribution is 2.22. The largest absolute Gasteiger partial charge is 0.366 e. The smallest absolute Gasteiger partial charge is 0.251 e. The van der Waals surface area contributed by atoms with Gasteiger partial charge in [0.25, 0.3) is 5.91 Å². The van der Waals surface area contributed by atoms with E-state index in [1.54, 1.807) is 0 Å². The molecule has 0 saturated heterocycles. The molecule has 0 radical (unpaired) electrons. The van der Waals surface area contributed by atoms with Crippen molar-refractivity contribution >= 4 is 17.7 Å². The first-order chi connectivity index (χ1) is 6.56. The molecule has 0 bridgehead atoms. The van der Waals surface area contributed by atoms with Crippen molar-refractivity contribution in [3.05, 3.63) is 29.1 Å². The molecule has 0 atom stereocenters. The van der Waals surface area contributed by atoms with E-state index in [9.17, 15) is 14.0 Å². The quantitative estimate of drug-likeness (QED) is 0.567. The summed E-state index contributed by atoms with van der Waals surface area (Å²) >= 11 is 0. The van der Waals surface area contributed by atoms with Crippen molar-refractivity contribution in [3.63, 3.8) is 0 Å². The molecule has 0 spiro atoms. The Balaban J connectivity index is 3.45. The molecule has 1 rings (SSSR count). The first-order valence-electron chi connectivity index (χ1n) is 3.74. The number of benzene rings is 1. The Morgan fingerprint density at radius 2 is 2.21 bits per heavy atom. The Labute approximate surface area is 79.3 Å². The van der Waals surface area contributed by atoms with E-state index in [2.05, 4.69) is 4.99 Å². The summed E-state index contributed by atoms with van der Waals surface area (Å²) in [5.74, 6) is -1.40. The lowest BCUT2D eigenvalue weighted by atomic mass is 10.1. The second-order valence-corrected chi connectivity index (χ2v) is 2.69. The summed E-state index contributed by atoms with van der Waals surface area (Å²) in [5.41, 5.74) is 5.16. The maximum Gasteiger partial charge on any atom is 0.251 e. The van der Waals surface area contributed by atoms with Crippen LogP contribution < -0.4 is 5.73 Å². The molecule has 0 aliphatic carbocycles. The summed E-state index contributed by atoms with van der Waals surface area (Å²) in [6, 6.07) is 2.22. The number of carbonyl (C=O) groups excluding carboxylic acids is 2. The van der Waals surface area contributed by atoms with E-state index in [1.807, 2.05) is 0 Å². The molecule has 4 nitrogen and oxygen atoms in total. The van der Waals surface area contributed by atoms with Crippen LogP contribution >= 0.6 is 0 Å². The lowest BCUT2D eigenvalue weighted by Gasteiger charge is -2.02. The molecule has 0 unspecified atom stereocenters. The molecule has 1 aromatic carbocycles. The first kappa shape index (κ1) is 10.1. The van der Waals surface area contributed by atoms with Crippen molar-refractivity contribution in [1.82, 2.24) is 0 Å². The third-order valence-electron chi connectivity index (χ3n) is 1.71. The Morgan fingerprint density at radius 3 is 2.71 bits per heavy atom. The highest BCUT2D eigenvalue weighted by atomic mass is 19.1. The van der Waals surface area contributed by atoms with E-state index in [4.69, 9.17) is 5.73 Å². The lowest BCUT2D eigenvalue weighted by molar-refractivity contribution is 0.100. The molecule has 0 saturated carbocycles. The van der Waals surface area contributed by atoms with E-state index < -0.39 is 11.7 Å². The zero-order valence-corrected chi connectivity index (χ0v) is 7.37. The van der Waals surface area contributed by atoms with E-state index in [-0.39, 0.29) is 16.8 Å². The third-order valence-corrected chi connectivity index (χ3v) is 1.71. The van der Waals surface area contributed by atoms with Crippen LogP contribution in [-0.4, -0.2) is 12.0 Å². The molecular formula is C9H7FN2O2. The second kappa shape index (κ2) is 3.81. The average molecular weight is 194 g/mol. The van der Waals surface area contributed by atoms with Gasteiger partial charge in [-0.3, -0.25) is 4.79 Å².